The van der Waals surface area contributed by atoms with Crippen molar-refractivity contribution in [2.75, 3.05) is 19.6 Å². The van der Waals surface area contributed by atoms with Gasteiger partial charge in [-0.05, 0) is 35.4 Å². The molecule has 0 saturated heterocycles. The first-order valence-corrected chi connectivity index (χ1v) is 7.84. The third-order valence-electron chi connectivity index (χ3n) is 3.70. The number of benzene rings is 2. The minimum absolute atomic E-state index is 0.0795. The molecule has 5 heteroatoms. The largest absolute Gasteiger partial charge is 0.356 e. The van der Waals surface area contributed by atoms with Gasteiger partial charge in [-0.25, -0.2) is 0 Å². The highest BCUT2D eigenvalue weighted by molar-refractivity contribution is 5.98. The van der Waals surface area contributed by atoms with E-state index in [2.05, 4.69) is 10.6 Å². The summed E-state index contributed by atoms with van der Waals surface area (Å²) in [4.78, 5) is 23.8. The number of rotatable bonds is 7. The molecular formula is C18H23N3O2. The van der Waals surface area contributed by atoms with E-state index in [1.807, 2.05) is 43.3 Å². The molecule has 2 aromatic carbocycles. The van der Waals surface area contributed by atoms with E-state index >= 15 is 0 Å². The van der Waals surface area contributed by atoms with Gasteiger partial charge < -0.3 is 16.4 Å². The second-order valence-electron chi connectivity index (χ2n) is 5.71. The van der Waals surface area contributed by atoms with Crippen LogP contribution in [0.2, 0.25) is 0 Å². The van der Waals surface area contributed by atoms with Crippen molar-refractivity contribution in [3.8, 4) is 0 Å². The molecule has 0 radical (unpaired) electrons. The van der Waals surface area contributed by atoms with Crippen LogP contribution in [0, 0.1) is 5.92 Å². The maximum atomic E-state index is 12.1. The number of amides is 2. The van der Waals surface area contributed by atoms with Gasteiger partial charge in [-0.3, -0.25) is 9.59 Å². The van der Waals surface area contributed by atoms with Gasteiger partial charge in [-0.15, -0.1) is 0 Å². The molecule has 4 N–H and O–H groups in total. The van der Waals surface area contributed by atoms with Crippen molar-refractivity contribution in [3.05, 3.63) is 48.0 Å². The number of carbonyl (C=O) groups is 2. The zero-order valence-electron chi connectivity index (χ0n) is 13.3. The second-order valence-corrected chi connectivity index (χ2v) is 5.71. The fraction of sp³-hybridized carbons (Fsp3) is 0.333. The molecule has 2 aromatic rings. The minimum Gasteiger partial charge on any atom is -0.356 e. The number of carbonyl (C=O) groups excluding carboxylic acids is 2. The Balaban J connectivity index is 1.81. The Bertz CT molecular complexity index is 685. The summed E-state index contributed by atoms with van der Waals surface area (Å²) in [7, 11) is 0. The molecule has 0 aliphatic carbocycles. The third-order valence-corrected chi connectivity index (χ3v) is 3.70. The van der Waals surface area contributed by atoms with Gasteiger partial charge >= 0.3 is 0 Å². The van der Waals surface area contributed by atoms with E-state index in [9.17, 15) is 9.59 Å². The second kappa shape index (κ2) is 8.29. The molecule has 1 atom stereocenters. The molecule has 0 spiro atoms. The van der Waals surface area contributed by atoms with Crippen LogP contribution in [0.3, 0.4) is 0 Å². The average molecular weight is 313 g/mol. The van der Waals surface area contributed by atoms with Crippen LogP contribution in [-0.4, -0.2) is 31.4 Å². The van der Waals surface area contributed by atoms with Crippen LogP contribution in [0.1, 0.15) is 23.7 Å². The summed E-state index contributed by atoms with van der Waals surface area (Å²) in [5.74, 6) is 0.00846. The number of nitrogens with two attached hydrogens (primary N) is 1. The van der Waals surface area contributed by atoms with Crippen LogP contribution in [0.25, 0.3) is 10.8 Å². The first kappa shape index (κ1) is 17.0. The van der Waals surface area contributed by atoms with E-state index in [-0.39, 0.29) is 24.2 Å². The number of fused-ring (bicyclic) bond motifs is 1. The molecule has 0 bridgehead atoms. The van der Waals surface area contributed by atoms with Crippen LogP contribution in [0.5, 0.6) is 0 Å². The van der Waals surface area contributed by atoms with Crippen molar-refractivity contribution in [2.24, 2.45) is 11.7 Å². The van der Waals surface area contributed by atoms with Gasteiger partial charge in [-0.1, -0.05) is 37.3 Å². The van der Waals surface area contributed by atoms with Crippen molar-refractivity contribution >= 4 is 22.6 Å². The first-order chi connectivity index (χ1) is 11.1. The van der Waals surface area contributed by atoms with Crippen LogP contribution in [0.4, 0.5) is 0 Å². The Kier molecular flexibility index (Phi) is 6.11. The molecule has 122 valence electrons. The summed E-state index contributed by atoms with van der Waals surface area (Å²) >= 11 is 0. The van der Waals surface area contributed by atoms with Gasteiger partial charge in [0.2, 0.25) is 5.91 Å². The van der Waals surface area contributed by atoms with Crippen LogP contribution in [-0.2, 0) is 4.79 Å². The fourth-order valence-electron chi connectivity index (χ4n) is 2.18. The van der Waals surface area contributed by atoms with Crippen molar-refractivity contribution < 1.29 is 9.59 Å². The lowest BCUT2D eigenvalue weighted by atomic mass is 10.1. The summed E-state index contributed by atoms with van der Waals surface area (Å²) in [5.41, 5.74) is 6.09. The van der Waals surface area contributed by atoms with Crippen LogP contribution >= 0.6 is 0 Å². The zero-order chi connectivity index (χ0) is 16.7. The maximum absolute atomic E-state index is 12.1. The molecule has 5 nitrogen and oxygen atoms in total. The lowest BCUT2D eigenvalue weighted by Gasteiger charge is -2.10. The van der Waals surface area contributed by atoms with Gasteiger partial charge in [-0.2, -0.15) is 0 Å². The van der Waals surface area contributed by atoms with Crippen LogP contribution < -0.4 is 16.4 Å². The van der Waals surface area contributed by atoms with E-state index in [0.717, 1.165) is 10.8 Å². The van der Waals surface area contributed by atoms with Crippen LogP contribution in [0.15, 0.2) is 42.5 Å². The number of nitrogens with one attached hydrogen (secondary N) is 2. The third kappa shape index (κ3) is 5.07. The first-order valence-electron chi connectivity index (χ1n) is 7.84. The highest BCUT2D eigenvalue weighted by Gasteiger charge is 2.08. The quantitative estimate of drug-likeness (QED) is 0.727. The van der Waals surface area contributed by atoms with Crippen molar-refractivity contribution in [1.29, 1.82) is 0 Å². The molecule has 0 aliphatic rings. The molecule has 0 heterocycles. The predicted molar refractivity (Wildman–Crippen MR) is 92.1 cm³/mol. The van der Waals surface area contributed by atoms with E-state index < -0.39 is 0 Å². The smallest absolute Gasteiger partial charge is 0.251 e. The summed E-state index contributed by atoms with van der Waals surface area (Å²) < 4.78 is 0. The molecule has 0 saturated carbocycles. The normalized spacial score (nSPS) is 11.9. The Hall–Kier alpha value is -2.40. The monoisotopic (exact) mass is 313 g/mol. The standard InChI is InChI=1S/C18H23N3O2/c1-13(11-19)12-21-17(22)8-9-20-18(23)16-7-6-14-4-2-3-5-15(14)10-16/h2-7,10,13H,8-9,11-12,19H2,1H3,(H,20,23)(H,21,22). The topological polar surface area (TPSA) is 84.2 Å². The average Bonchev–Trinajstić information content (AvgIpc) is 2.59. The molecule has 2 rings (SSSR count). The summed E-state index contributed by atoms with van der Waals surface area (Å²) in [5, 5.41) is 7.69. The Labute approximate surface area is 136 Å². The van der Waals surface area contributed by atoms with Crippen molar-refractivity contribution in [2.45, 2.75) is 13.3 Å². The SMILES string of the molecule is CC(CN)CNC(=O)CCNC(=O)c1ccc2ccccc2c1. The predicted octanol–water partition coefficient (Wildman–Crippen LogP) is 1.67. The zero-order valence-corrected chi connectivity index (χ0v) is 13.3. The van der Waals surface area contributed by atoms with Crippen molar-refractivity contribution in [1.82, 2.24) is 10.6 Å². The molecule has 0 fully saturated rings. The van der Waals surface area contributed by atoms with Crippen molar-refractivity contribution in [3.63, 3.8) is 0 Å². The minimum atomic E-state index is -0.168. The number of hydrogen-bond donors (Lipinski definition) is 3. The molecule has 23 heavy (non-hydrogen) atoms. The van der Waals surface area contributed by atoms with E-state index in [1.54, 1.807) is 6.07 Å². The van der Waals surface area contributed by atoms with Gasteiger partial charge in [0.15, 0.2) is 0 Å². The lowest BCUT2D eigenvalue weighted by Crippen LogP contribution is -2.34. The molecular weight excluding hydrogens is 290 g/mol. The summed E-state index contributed by atoms with van der Waals surface area (Å²) in [6, 6.07) is 13.4. The fourth-order valence-corrected chi connectivity index (χ4v) is 2.18. The maximum Gasteiger partial charge on any atom is 0.251 e. The molecule has 2 amide bonds. The Morgan fingerprint density at radius 3 is 2.57 bits per heavy atom. The van der Waals surface area contributed by atoms with Gasteiger partial charge in [0.05, 0.1) is 0 Å². The summed E-state index contributed by atoms with van der Waals surface area (Å²) in [6.45, 7) is 3.39. The van der Waals surface area contributed by atoms with E-state index in [0.29, 0.717) is 25.2 Å². The highest BCUT2D eigenvalue weighted by atomic mass is 16.2. The lowest BCUT2D eigenvalue weighted by molar-refractivity contribution is -0.121. The molecule has 0 aliphatic heterocycles. The van der Waals surface area contributed by atoms with E-state index in [4.69, 9.17) is 5.73 Å². The highest BCUT2D eigenvalue weighted by Crippen LogP contribution is 2.15. The molecule has 0 aromatic heterocycles. The molecule has 1 unspecified atom stereocenters. The summed E-state index contributed by atoms with van der Waals surface area (Å²) in [6.07, 6.45) is 0.261. The van der Waals surface area contributed by atoms with Gasteiger partial charge in [0, 0.05) is 25.1 Å². The van der Waals surface area contributed by atoms with Gasteiger partial charge in [0.25, 0.3) is 5.91 Å². The number of hydrogen-bond acceptors (Lipinski definition) is 3. The Morgan fingerprint density at radius 1 is 1.09 bits per heavy atom. The van der Waals surface area contributed by atoms with Gasteiger partial charge in [0.1, 0.15) is 0 Å². The Morgan fingerprint density at radius 2 is 1.83 bits per heavy atom. The van der Waals surface area contributed by atoms with E-state index in [1.165, 1.54) is 0 Å².